The summed E-state index contributed by atoms with van der Waals surface area (Å²) >= 11 is 0. The molecule has 0 bridgehead atoms. The monoisotopic (exact) mass is 596 g/mol. The van der Waals surface area contributed by atoms with Crippen LogP contribution in [-0.4, -0.2) is 48.4 Å². The van der Waals surface area contributed by atoms with Gasteiger partial charge in [0.2, 0.25) is 0 Å². The molecule has 0 spiro atoms. The molecule has 43 heavy (non-hydrogen) atoms. The Hall–Kier alpha value is -4.75. The molecule has 3 heterocycles. The van der Waals surface area contributed by atoms with Crippen molar-refractivity contribution in [2.24, 2.45) is 0 Å². The predicted molar refractivity (Wildman–Crippen MR) is 153 cm³/mol. The van der Waals surface area contributed by atoms with E-state index in [2.05, 4.69) is 25.6 Å². The largest absolute Gasteiger partial charge is 0.444 e. The molecule has 1 aliphatic carbocycles. The minimum absolute atomic E-state index is 0.00671. The summed E-state index contributed by atoms with van der Waals surface area (Å²) in [5, 5.41) is 10.8. The number of nitrogens with zero attached hydrogens (tertiary/aromatic N) is 5. The summed E-state index contributed by atoms with van der Waals surface area (Å²) in [7, 11) is 0. The highest BCUT2D eigenvalue weighted by molar-refractivity contribution is 6.04. The SMILES string of the molecule is CC(C)(C)OC(=O)N[C@H]1CC[C@H](n2nc(-c3ccc(C(=O)Nc4cc(C(F)(F)F)ccn4)cc3)c3c(N)ncnc32)CC1. The molecule has 0 radical (unpaired) electrons. The number of nitrogens with one attached hydrogen (secondary N) is 2. The Morgan fingerprint density at radius 2 is 1.70 bits per heavy atom. The van der Waals surface area contributed by atoms with Gasteiger partial charge >= 0.3 is 12.3 Å². The molecule has 5 rings (SSSR count). The van der Waals surface area contributed by atoms with Crippen LogP contribution in [0.1, 0.15) is 68.4 Å². The molecule has 3 aromatic heterocycles. The van der Waals surface area contributed by atoms with Crippen molar-refractivity contribution in [2.75, 3.05) is 11.1 Å². The lowest BCUT2D eigenvalue weighted by Gasteiger charge is -2.30. The molecule has 4 aromatic rings. The van der Waals surface area contributed by atoms with Crippen molar-refractivity contribution in [1.82, 2.24) is 30.0 Å². The first-order chi connectivity index (χ1) is 20.3. The maximum atomic E-state index is 13.0. The van der Waals surface area contributed by atoms with Crippen molar-refractivity contribution >= 4 is 34.7 Å². The van der Waals surface area contributed by atoms with E-state index < -0.39 is 29.3 Å². The summed E-state index contributed by atoms with van der Waals surface area (Å²) in [6, 6.07) is 8.02. The van der Waals surface area contributed by atoms with Crippen LogP contribution in [-0.2, 0) is 10.9 Å². The van der Waals surface area contributed by atoms with Crippen LogP contribution in [0.3, 0.4) is 0 Å². The van der Waals surface area contributed by atoms with Crippen LogP contribution in [0.4, 0.5) is 29.6 Å². The van der Waals surface area contributed by atoms with Gasteiger partial charge in [0.25, 0.3) is 5.91 Å². The van der Waals surface area contributed by atoms with Gasteiger partial charge in [-0.15, -0.1) is 0 Å². The van der Waals surface area contributed by atoms with Gasteiger partial charge < -0.3 is 21.1 Å². The molecule has 1 saturated carbocycles. The summed E-state index contributed by atoms with van der Waals surface area (Å²) in [5.74, 6) is -0.577. The van der Waals surface area contributed by atoms with Crippen molar-refractivity contribution in [3.8, 4) is 11.3 Å². The van der Waals surface area contributed by atoms with Crippen molar-refractivity contribution in [2.45, 2.75) is 70.3 Å². The van der Waals surface area contributed by atoms with Crippen LogP contribution < -0.4 is 16.4 Å². The highest BCUT2D eigenvalue weighted by Crippen LogP contribution is 2.36. The normalized spacial score (nSPS) is 17.4. The molecule has 11 nitrogen and oxygen atoms in total. The van der Waals surface area contributed by atoms with Crippen molar-refractivity contribution in [3.05, 3.63) is 60.0 Å². The number of ether oxygens (including phenoxy) is 1. The molecule has 14 heteroatoms. The second-order valence-electron chi connectivity index (χ2n) is 11.4. The number of nitrogen functional groups attached to an aromatic ring is 1. The molecule has 226 valence electrons. The van der Waals surface area contributed by atoms with Crippen LogP contribution in [0.5, 0.6) is 0 Å². The second kappa shape index (κ2) is 11.5. The fourth-order valence-corrected chi connectivity index (χ4v) is 5.03. The van der Waals surface area contributed by atoms with Crippen LogP contribution in [0.25, 0.3) is 22.3 Å². The van der Waals surface area contributed by atoms with E-state index in [1.54, 1.807) is 12.1 Å². The number of fused-ring (bicyclic) bond motifs is 1. The van der Waals surface area contributed by atoms with Gasteiger partial charge in [-0.25, -0.2) is 24.4 Å². The van der Waals surface area contributed by atoms with E-state index in [4.69, 9.17) is 15.6 Å². The number of carbonyl (C=O) groups is 2. The molecule has 1 fully saturated rings. The Morgan fingerprint density at radius 3 is 2.35 bits per heavy atom. The first-order valence-corrected chi connectivity index (χ1v) is 13.7. The Bertz CT molecular complexity index is 1640. The molecule has 0 unspecified atom stereocenters. The molecular weight excluding hydrogens is 565 g/mol. The zero-order valence-corrected chi connectivity index (χ0v) is 23.8. The van der Waals surface area contributed by atoms with Crippen LogP contribution in [0.15, 0.2) is 48.9 Å². The Kier molecular flexibility index (Phi) is 7.95. The van der Waals surface area contributed by atoms with Crippen molar-refractivity contribution in [1.29, 1.82) is 0 Å². The number of hydrogen-bond donors (Lipinski definition) is 3. The number of pyridine rings is 1. The van der Waals surface area contributed by atoms with E-state index >= 15 is 0 Å². The number of benzene rings is 1. The fraction of sp³-hybridized carbons (Fsp3) is 0.379. The van der Waals surface area contributed by atoms with E-state index in [9.17, 15) is 22.8 Å². The van der Waals surface area contributed by atoms with Gasteiger partial charge in [0.15, 0.2) is 5.65 Å². The minimum atomic E-state index is -4.56. The number of aromatic nitrogens is 5. The van der Waals surface area contributed by atoms with Gasteiger partial charge in [0.05, 0.1) is 17.0 Å². The highest BCUT2D eigenvalue weighted by Gasteiger charge is 2.31. The molecule has 4 N–H and O–H groups in total. The van der Waals surface area contributed by atoms with E-state index in [-0.39, 0.29) is 29.3 Å². The molecule has 1 aliphatic rings. The number of hydrogen-bond acceptors (Lipinski definition) is 8. The van der Waals surface area contributed by atoms with E-state index in [0.717, 1.165) is 44.0 Å². The standard InChI is InChI=1S/C29H31F3N8O3/c1-28(2,3)43-27(42)37-19-8-10-20(11-9-19)40-25-22(24(33)35-15-36-25)23(39-40)16-4-6-17(7-5-16)26(41)38-21-14-18(12-13-34-21)29(30,31)32/h4-7,12-15,19-20H,8-11H2,1-3H3,(H,37,42)(H2,33,35,36)(H,34,38,41)/t19-,20-. The zero-order valence-electron chi connectivity index (χ0n) is 23.8. The van der Waals surface area contributed by atoms with Crippen LogP contribution >= 0.6 is 0 Å². The molecule has 1 aromatic carbocycles. The summed E-state index contributed by atoms with van der Waals surface area (Å²) in [6.07, 6.45) is 0.304. The lowest BCUT2D eigenvalue weighted by molar-refractivity contribution is -0.137. The fourth-order valence-electron chi connectivity index (χ4n) is 5.03. The summed E-state index contributed by atoms with van der Waals surface area (Å²) < 4.78 is 46.3. The molecule has 0 atom stereocenters. The third kappa shape index (κ3) is 6.84. The van der Waals surface area contributed by atoms with Gasteiger partial charge in [0, 0.05) is 23.4 Å². The minimum Gasteiger partial charge on any atom is -0.444 e. The van der Waals surface area contributed by atoms with Gasteiger partial charge in [-0.3, -0.25) is 4.79 Å². The van der Waals surface area contributed by atoms with E-state index in [0.29, 0.717) is 22.3 Å². The second-order valence-corrected chi connectivity index (χ2v) is 11.4. The van der Waals surface area contributed by atoms with E-state index in [1.165, 1.54) is 18.5 Å². The molecule has 2 amide bonds. The van der Waals surface area contributed by atoms with E-state index in [1.807, 2.05) is 25.5 Å². The van der Waals surface area contributed by atoms with Crippen molar-refractivity contribution in [3.63, 3.8) is 0 Å². The summed E-state index contributed by atoms with van der Waals surface area (Å²) in [6.45, 7) is 5.45. The number of anilines is 2. The van der Waals surface area contributed by atoms with Crippen LogP contribution in [0.2, 0.25) is 0 Å². The number of alkyl carbamates (subject to hydrolysis) is 1. The maximum Gasteiger partial charge on any atom is 0.416 e. The quantitative estimate of drug-likeness (QED) is 0.264. The van der Waals surface area contributed by atoms with Gasteiger partial charge in [0.1, 0.15) is 29.3 Å². The average molecular weight is 597 g/mol. The number of rotatable bonds is 5. The maximum absolute atomic E-state index is 13.0. The first-order valence-electron chi connectivity index (χ1n) is 13.7. The number of alkyl halides is 3. The lowest BCUT2D eigenvalue weighted by Crippen LogP contribution is -2.41. The topological polar surface area (TPSA) is 150 Å². The summed E-state index contributed by atoms with van der Waals surface area (Å²) in [4.78, 5) is 37.4. The number of nitrogens with two attached hydrogens (primary N) is 1. The number of carbonyl (C=O) groups excluding carboxylic acids is 2. The third-order valence-electron chi connectivity index (χ3n) is 7.03. The smallest absolute Gasteiger partial charge is 0.416 e. The van der Waals surface area contributed by atoms with Gasteiger partial charge in [-0.1, -0.05) is 12.1 Å². The number of halogens is 3. The third-order valence-corrected chi connectivity index (χ3v) is 7.03. The van der Waals surface area contributed by atoms with Crippen molar-refractivity contribution < 1.29 is 27.5 Å². The Balaban J connectivity index is 1.33. The van der Waals surface area contributed by atoms with Crippen LogP contribution in [0, 0.1) is 0 Å². The van der Waals surface area contributed by atoms with Gasteiger partial charge in [-0.2, -0.15) is 18.3 Å². The summed E-state index contributed by atoms with van der Waals surface area (Å²) in [5.41, 5.74) is 6.74. The zero-order chi connectivity index (χ0) is 30.9. The average Bonchev–Trinajstić information content (AvgIpc) is 3.33. The van der Waals surface area contributed by atoms with Gasteiger partial charge in [-0.05, 0) is 70.7 Å². The number of amides is 2. The molecular formula is C29H31F3N8O3. The predicted octanol–water partition coefficient (Wildman–Crippen LogP) is 5.75. The lowest BCUT2D eigenvalue weighted by atomic mass is 9.91. The highest BCUT2D eigenvalue weighted by atomic mass is 19.4. The first kappa shape index (κ1) is 29.7. The Labute approximate surface area is 245 Å². The Morgan fingerprint density at radius 1 is 1.00 bits per heavy atom. The molecule has 0 saturated heterocycles. The molecule has 0 aliphatic heterocycles.